The molecule has 11 rings (SSSR count). The molecule has 0 aliphatic carbocycles. The number of para-hydroxylation sites is 4. The van der Waals surface area contributed by atoms with Crippen LogP contribution in [0.5, 0.6) is 0 Å². The van der Waals surface area contributed by atoms with Crippen molar-refractivity contribution in [3.8, 4) is 20.9 Å². The molecule has 9 aromatic rings. The molecule has 0 saturated carbocycles. The van der Waals surface area contributed by atoms with E-state index < -0.39 is 0 Å². The third-order valence-electron chi connectivity index (χ3n) is 9.62. The van der Waals surface area contributed by atoms with Gasteiger partial charge in [0.15, 0.2) is 0 Å². The number of thiophene rings is 2. The van der Waals surface area contributed by atoms with Gasteiger partial charge in [0.2, 0.25) is 0 Å². The summed E-state index contributed by atoms with van der Waals surface area (Å²) >= 11 is 7.27. The number of nitrogens with zero attached hydrogens (tertiary/aromatic N) is 4. The summed E-state index contributed by atoms with van der Waals surface area (Å²) in [6.07, 6.45) is 3.65. The molecule has 8 heteroatoms. The Balaban J connectivity index is 1.08. The van der Waals surface area contributed by atoms with Gasteiger partial charge in [-0.15, -0.1) is 22.7 Å². The maximum atomic E-state index is 5.06. The van der Waals surface area contributed by atoms with Crippen LogP contribution < -0.4 is 9.80 Å². The Labute approximate surface area is 317 Å². The molecule has 52 heavy (non-hydrogen) atoms. The van der Waals surface area contributed by atoms with Crippen molar-refractivity contribution < 1.29 is 0 Å². The van der Waals surface area contributed by atoms with Crippen LogP contribution in [0.15, 0.2) is 178 Å². The summed E-state index contributed by atoms with van der Waals surface area (Å²) in [5.74, 6) is 0. The van der Waals surface area contributed by atoms with Crippen molar-refractivity contribution in [1.29, 1.82) is 0 Å². The fourth-order valence-corrected chi connectivity index (χ4v) is 11.7. The molecule has 0 fully saturated rings. The molecule has 0 bridgehead atoms. The van der Waals surface area contributed by atoms with Crippen molar-refractivity contribution in [1.82, 2.24) is 9.97 Å². The highest BCUT2D eigenvalue weighted by atomic mass is 32.2. The van der Waals surface area contributed by atoms with Gasteiger partial charge >= 0.3 is 0 Å². The average molecular weight is 739 g/mol. The van der Waals surface area contributed by atoms with Crippen molar-refractivity contribution in [3.63, 3.8) is 0 Å². The van der Waals surface area contributed by atoms with E-state index in [1.807, 2.05) is 35.9 Å². The summed E-state index contributed by atoms with van der Waals surface area (Å²) in [7, 11) is 0. The molecule has 5 heterocycles. The molecule has 2 aliphatic heterocycles. The first-order chi connectivity index (χ1) is 25.8. The molecule has 0 amide bonds. The average Bonchev–Trinajstić information content (AvgIpc) is 3.88. The van der Waals surface area contributed by atoms with Gasteiger partial charge in [0.25, 0.3) is 0 Å². The Kier molecular flexibility index (Phi) is 7.05. The first kappa shape index (κ1) is 30.3. The smallest absolute Gasteiger partial charge is 0.101 e. The van der Waals surface area contributed by atoms with E-state index in [2.05, 4.69) is 155 Å². The second-order valence-electron chi connectivity index (χ2n) is 12.6. The van der Waals surface area contributed by atoms with E-state index in [1.54, 1.807) is 22.7 Å². The summed E-state index contributed by atoms with van der Waals surface area (Å²) in [6, 6.07) is 52.5. The Morgan fingerprint density at radius 3 is 1.10 bits per heavy atom. The van der Waals surface area contributed by atoms with Crippen LogP contribution in [0.4, 0.5) is 32.8 Å². The molecule has 246 valence electrons. The van der Waals surface area contributed by atoms with Crippen LogP contribution in [0.2, 0.25) is 0 Å². The van der Waals surface area contributed by atoms with E-state index in [0.717, 1.165) is 22.2 Å². The molecule has 4 nitrogen and oxygen atoms in total. The van der Waals surface area contributed by atoms with Crippen LogP contribution in [0.1, 0.15) is 0 Å². The maximum absolute atomic E-state index is 5.06. The molecule has 0 saturated heterocycles. The number of benzene rings is 6. The van der Waals surface area contributed by atoms with Gasteiger partial charge in [-0.3, -0.25) is 19.8 Å². The minimum absolute atomic E-state index is 0.916. The first-order valence-electron chi connectivity index (χ1n) is 17.0. The number of hydrogen-bond donors (Lipinski definition) is 0. The van der Waals surface area contributed by atoms with Crippen molar-refractivity contribution >= 4 is 101 Å². The zero-order chi connectivity index (χ0) is 34.2. The quantitative estimate of drug-likeness (QED) is 0.167. The normalized spacial score (nSPS) is 13.2. The highest BCUT2D eigenvalue weighted by Crippen LogP contribution is 2.56. The predicted molar refractivity (Wildman–Crippen MR) is 221 cm³/mol. The lowest BCUT2D eigenvalue weighted by atomic mass is 9.95. The maximum Gasteiger partial charge on any atom is 0.101 e. The monoisotopic (exact) mass is 738 g/mol. The van der Waals surface area contributed by atoms with Crippen LogP contribution in [0.25, 0.3) is 42.7 Å². The van der Waals surface area contributed by atoms with Gasteiger partial charge in [-0.05, 0) is 83.6 Å². The standard InChI is InChI=1S/C44H26N4S4/c1-2-12-28-27(11-1)41(37-21-23-39(51-37)47-29-13-3-7-17-33(29)49-34-18-8-4-14-30(34)47)43-44(46-26-25-45-43)42(28)38-22-24-40(52-38)48-31-15-5-9-19-35(31)50-36-20-10-6-16-32(36)48/h1-26H. The van der Waals surface area contributed by atoms with Crippen molar-refractivity contribution in [2.24, 2.45) is 0 Å². The van der Waals surface area contributed by atoms with Gasteiger partial charge in [-0.1, -0.05) is 96.3 Å². The van der Waals surface area contributed by atoms with Gasteiger partial charge in [-0.25, -0.2) is 0 Å². The molecular formula is C44H26N4S4. The summed E-state index contributed by atoms with van der Waals surface area (Å²) in [5.41, 5.74) is 8.90. The highest BCUT2D eigenvalue weighted by molar-refractivity contribution is 8.00. The lowest BCUT2D eigenvalue weighted by Crippen LogP contribution is -2.13. The van der Waals surface area contributed by atoms with E-state index in [9.17, 15) is 0 Å². The lowest BCUT2D eigenvalue weighted by molar-refractivity contribution is 1.18. The molecule has 0 N–H and O–H groups in total. The Morgan fingerprint density at radius 2 is 0.712 bits per heavy atom. The number of fused-ring (bicyclic) bond motifs is 6. The topological polar surface area (TPSA) is 32.3 Å². The van der Waals surface area contributed by atoms with E-state index in [4.69, 9.17) is 9.97 Å². The third kappa shape index (κ3) is 4.68. The lowest BCUT2D eigenvalue weighted by Gasteiger charge is -2.31. The van der Waals surface area contributed by atoms with Crippen molar-refractivity contribution in [3.05, 3.63) is 158 Å². The molecule has 0 spiro atoms. The molecule has 0 radical (unpaired) electrons. The molecule has 2 aliphatic rings. The van der Waals surface area contributed by atoms with Crippen LogP contribution in [-0.2, 0) is 0 Å². The molecule has 0 atom stereocenters. The Morgan fingerprint density at radius 1 is 0.365 bits per heavy atom. The Hall–Kier alpha value is -5.38. The highest BCUT2D eigenvalue weighted by Gasteiger charge is 2.29. The summed E-state index contributed by atoms with van der Waals surface area (Å²) < 4.78 is 0. The fraction of sp³-hybridized carbons (Fsp3) is 0. The predicted octanol–water partition coefficient (Wildman–Crippen LogP) is 14.1. The number of hydrogen-bond acceptors (Lipinski definition) is 8. The summed E-state index contributed by atoms with van der Waals surface area (Å²) in [6.45, 7) is 0. The molecule has 6 aromatic carbocycles. The largest absolute Gasteiger partial charge is 0.300 e. The van der Waals surface area contributed by atoms with Crippen LogP contribution in [0.3, 0.4) is 0 Å². The number of rotatable bonds is 4. The Bertz CT molecular complexity index is 2520. The van der Waals surface area contributed by atoms with E-state index >= 15 is 0 Å². The number of anilines is 6. The van der Waals surface area contributed by atoms with E-state index in [1.165, 1.54) is 72.9 Å². The van der Waals surface area contributed by atoms with Crippen LogP contribution in [0, 0.1) is 0 Å². The second kappa shape index (κ2) is 12.1. The zero-order valence-electron chi connectivity index (χ0n) is 27.4. The third-order valence-corrected chi connectivity index (χ3v) is 14.1. The minimum atomic E-state index is 0.916. The molecule has 0 unspecified atom stereocenters. The first-order valence-corrected chi connectivity index (χ1v) is 20.2. The van der Waals surface area contributed by atoms with Gasteiger partial charge in [0.05, 0.1) is 33.8 Å². The summed E-state index contributed by atoms with van der Waals surface area (Å²) in [5, 5.41) is 4.69. The van der Waals surface area contributed by atoms with Gasteiger partial charge in [0, 0.05) is 52.9 Å². The van der Waals surface area contributed by atoms with E-state index in [0.29, 0.717) is 0 Å². The molecular weight excluding hydrogens is 713 g/mol. The van der Waals surface area contributed by atoms with Crippen LogP contribution in [-0.4, -0.2) is 9.97 Å². The van der Waals surface area contributed by atoms with Crippen molar-refractivity contribution in [2.75, 3.05) is 9.80 Å². The summed E-state index contributed by atoms with van der Waals surface area (Å²) in [4.78, 5) is 22.3. The van der Waals surface area contributed by atoms with E-state index in [-0.39, 0.29) is 0 Å². The second-order valence-corrected chi connectivity index (χ2v) is 16.9. The van der Waals surface area contributed by atoms with Crippen molar-refractivity contribution in [2.45, 2.75) is 19.6 Å². The van der Waals surface area contributed by atoms with Gasteiger partial charge < -0.3 is 0 Å². The molecule has 3 aromatic heterocycles. The SMILES string of the molecule is c1ccc2c(c1)Sc1ccccc1N2c1ccc(-c2c3ccccc3c(-c3ccc(N4c5ccccc5Sc5ccccc54)s3)c3nccnc23)s1. The minimum Gasteiger partial charge on any atom is -0.300 e. The van der Waals surface area contributed by atoms with Crippen LogP contribution >= 0.6 is 46.2 Å². The van der Waals surface area contributed by atoms with Gasteiger partial charge in [-0.2, -0.15) is 0 Å². The van der Waals surface area contributed by atoms with Gasteiger partial charge in [0.1, 0.15) is 10.0 Å². The number of aromatic nitrogens is 2. The zero-order valence-corrected chi connectivity index (χ0v) is 30.7. The fourth-order valence-electron chi connectivity index (χ4n) is 7.43.